The van der Waals surface area contributed by atoms with E-state index in [1.807, 2.05) is 25.1 Å². The van der Waals surface area contributed by atoms with E-state index in [1.54, 1.807) is 9.58 Å². The van der Waals surface area contributed by atoms with Gasteiger partial charge in [-0.1, -0.05) is 53.2 Å². The molecule has 7 heteroatoms. The highest BCUT2D eigenvalue weighted by Gasteiger charge is 2.23. The SMILES string of the molecule is CCCCNC(=O)N(CCC)CC(=O)Nc1cc(C(C)(C)C)nn1-c1cccc(C)c1C. The molecule has 0 aliphatic heterocycles. The van der Waals surface area contributed by atoms with Gasteiger partial charge >= 0.3 is 6.03 Å². The quantitative estimate of drug-likeness (QED) is 0.541. The Hall–Kier alpha value is -2.83. The molecule has 0 saturated carbocycles. The van der Waals surface area contributed by atoms with Gasteiger partial charge in [0, 0.05) is 24.6 Å². The van der Waals surface area contributed by atoms with Crippen molar-refractivity contribution in [3.63, 3.8) is 0 Å². The van der Waals surface area contributed by atoms with Crippen LogP contribution < -0.4 is 10.6 Å². The molecular formula is C25H39N5O2. The molecule has 176 valence electrons. The van der Waals surface area contributed by atoms with Crippen LogP contribution in [0.5, 0.6) is 0 Å². The van der Waals surface area contributed by atoms with Crippen LogP contribution in [0.25, 0.3) is 5.69 Å². The Morgan fingerprint density at radius 2 is 1.84 bits per heavy atom. The van der Waals surface area contributed by atoms with Crippen molar-refractivity contribution in [2.24, 2.45) is 0 Å². The van der Waals surface area contributed by atoms with Crippen LogP contribution in [-0.4, -0.2) is 46.3 Å². The first-order chi connectivity index (χ1) is 15.1. The van der Waals surface area contributed by atoms with E-state index in [-0.39, 0.29) is 23.9 Å². The van der Waals surface area contributed by atoms with Crippen molar-refractivity contribution in [1.82, 2.24) is 20.0 Å². The molecule has 2 aromatic rings. The smallest absolute Gasteiger partial charge is 0.317 e. The van der Waals surface area contributed by atoms with Crippen LogP contribution in [0.2, 0.25) is 0 Å². The maximum Gasteiger partial charge on any atom is 0.317 e. The fraction of sp³-hybridized carbons (Fsp3) is 0.560. The van der Waals surface area contributed by atoms with Crippen molar-refractivity contribution in [3.8, 4) is 5.69 Å². The molecule has 32 heavy (non-hydrogen) atoms. The maximum atomic E-state index is 13.0. The monoisotopic (exact) mass is 441 g/mol. The van der Waals surface area contributed by atoms with Crippen LogP contribution in [0.1, 0.15) is 70.7 Å². The van der Waals surface area contributed by atoms with Gasteiger partial charge in [-0.3, -0.25) is 4.79 Å². The number of aryl methyl sites for hydroxylation is 1. The van der Waals surface area contributed by atoms with Crippen molar-refractivity contribution in [2.75, 3.05) is 25.0 Å². The largest absolute Gasteiger partial charge is 0.338 e. The number of nitrogens with zero attached hydrogens (tertiary/aromatic N) is 3. The number of carbonyl (C=O) groups is 2. The minimum absolute atomic E-state index is 0.00533. The molecule has 3 amide bonds. The summed E-state index contributed by atoms with van der Waals surface area (Å²) in [4.78, 5) is 27.0. The van der Waals surface area contributed by atoms with Crippen LogP contribution in [0, 0.1) is 13.8 Å². The van der Waals surface area contributed by atoms with E-state index in [9.17, 15) is 9.59 Å². The van der Waals surface area contributed by atoms with Crippen molar-refractivity contribution in [2.45, 2.75) is 73.1 Å². The second-order valence-corrected chi connectivity index (χ2v) is 9.35. The molecule has 2 rings (SSSR count). The lowest BCUT2D eigenvalue weighted by Gasteiger charge is -2.22. The molecule has 7 nitrogen and oxygen atoms in total. The van der Waals surface area contributed by atoms with Gasteiger partial charge in [-0.25, -0.2) is 9.48 Å². The minimum atomic E-state index is -0.240. The Balaban J connectivity index is 2.28. The van der Waals surface area contributed by atoms with E-state index in [0.29, 0.717) is 18.9 Å². The number of urea groups is 1. The highest BCUT2D eigenvalue weighted by molar-refractivity contribution is 5.94. The van der Waals surface area contributed by atoms with Gasteiger partial charge in [0.05, 0.1) is 11.4 Å². The highest BCUT2D eigenvalue weighted by atomic mass is 16.2. The van der Waals surface area contributed by atoms with Gasteiger partial charge in [0.2, 0.25) is 5.91 Å². The average Bonchev–Trinajstić information content (AvgIpc) is 3.13. The number of hydrogen-bond donors (Lipinski definition) is 2. The van der Waals surface area contributed by atoms with Gasteiger partial charge in [-0.2, -0.15) is 5.10 Å². The van der Waals surface area contributed by atoms with Crippen LogP contribution >= 0.6 is 0 Å². The van der Waals surface area contributed by atoms with Gasteiger partial charge in [0.1, 0.15) is 12.4 Å². The van der Waals surface area contributed by atoms with Gasteiger partial charge in [-0.05, 0) is 43.9 Å². The number of rotatable bonds is 9. The van der Waals surface area contributed by atoms with Gasteiger partial charge in [-0.15, -0.1) is 0 Å². The number of benzene rings is 1. The van der Waals surface area contributed by atoms with Crippen LogP contribution in [0.15, 0.2) is 24.3 Å². The number of carbonyl (C=O) groups excluding carboxylic acids is 2. The number of hydrogen-bond acceptors (Lipinski definition) is 3. The number of unbranched alkanes of at least 4 members (excludes halogenated alkanes) is 1. The molecule has 0 fully saturated rings. The fourth-order valence-corrected chi connectivity index (χ4v) is 3.35. The summed E-state index contributed by atoms with van der Waals surface area (Å²) in [6.07, 6.45) is 2.71. The molecule has 0 unspecified atom stereocenters. The van der Waals surface area contributed by atoms with E-state index >= 15 is 0 Å². The first-order valence-electron chi connectivity index (χ1n) is 11.6. The third-order valence-corrected chi connectivity index (χ3v) is 5.47. The Morgan fingerprint density at radius 1 is 1.12 bits per heavy atom. The summed E-state index contributed by atoms with van der Waals surface area (Å²) in [5.74, 6) is 0.368. The molecule has 0 radical (unpaired) electrons. The molecule has 0 spiro atoms. The first kappa shape index (κ1) is 25.4. The summed E-state index contributed by atoms with van der Waals surface area (Å²) < 4.78 is 1.80. The summed E-state index contributed by atoms with van der Waals surface area (Å²) in [6, 6.07) is 7.78. The molecule has 1 heterocycles. The summed E-state index contributed by atoms with van der Waals surface area (Å²) in [5.41, 5.74) is 3.91. The maximum absolute atomic E-state index is 13.0. The third kappa shape index (κ3) is 6.58. The Kier molecular flexibility index (Phi) is 8.87. The Morgan fingerprint density at radius 3 is 2.47 bits per heavy atom. The van der Waals surface area contributed by atoms with Crippen molar-refractivity contribution in [1.29, 1.82) is 0 Å². The predicted molar refractivity (Wildman–Crippen MR) is 131 cm³/mol. The topological polar surface area (TPSA) is 79.3 Å². The Labute approximate surface area is 192 Å². The van der Waals surface area contributed by atoms with Crippen LogP contribution in [-0.2, 0) is 10.2 Å². The first-order valence-corrected chi connectivity index (χ1v) is 11.6. The molecule has 2 N–H and O–H groups in total. The normalized spacial score (nSPS) is 11.3. The summed E-state index contributed by atoms with van der Waals surface area (Å²) >= 11 is 0. The molecule has 1 aromatic heterocycles. The lowest BCUT2D eigenvalue weighted by molar-refractivity contribution is -0.116. The average molecular weight is 442 g/mol. The third-order valence-electron chi connectivity index (χ3n) is 5.47. The molecule has 0 atom stereocenters. The Bertz CT molecular complexity index is 927. The summed E-state index contributed by atoms with van der Waals surface area (Å²) in [7, 11) is 0. The molecule has 0 saturated heterocycles. The molecule has 0 aliphatic rings. The predicted octanol–water partition coefficient (Wildman–Crippen LogP) is 4.95. The second kappa shape index (κ2) is 11.2. The van der Waals surface area contributed by atoms with E-state index in [4.69, 9.17) is 5.10 Å². The van der Waals surface area contributed by atoms with E-state index in [1.165, 1.54) is 0 Å². The number of anilines is 1. The molecular weight excluding hydrogens is 402 g/mol. The summed E-state index contributed by atoms with van der Waals surface area (Å²) in [6.45, 7) is 15.6. The molecule has 0 aliphatic carbocycles. The van der Waals surface area contributed by atoms with Crippen molar-refractivity contribution in [3.05, 3.63) is 41.1 Å². The lowest BCUT2D eigenvalue weighted by atomic mass is 9.92. The van der Waals surface area contributed by atoms with Crippen LogP contribution in [0.4, 0.5) is 10.6 Å². The molecule has 0 bridgehead atoms. The highest BCUT2D eigenvalue weighted by Crippen LogP contribution is 2.28. The van der Waals surface area contributed by atoms with E-state index < -0.39 is 0 Å². The standard InChI is InChI=1S/C25H39N5O2/c1-8-10-14-26-24(32)29(15-9-2)17-23(31)27-22-16-21(25(5,6)7)28-30(22)20-13-11-12-18(3)19(20)4/h11-13,16H,8-10,14-15,17H2,1-7H3,(H,26,32)(H,27,31). The van der Waals surface area contributed by atoms with Crippen molar-refractivity contribution < 1.29 is 9.59 Å². The minimum Gasteiger partial charge on any atom is -0.338 e. The van der Waals surface area contributed by atoms with E-state index in [0.717, 1.165) is 41.8 Å². The zero-order chi connectivity index (χ0) is 23.9. The van der Waals surface area contributed by atoms with Crippen molar-refractivity contribution >= 4 is 17.8 Å². The van der Waals surface area contributed by atoms with E-state index in [2.05, 4.69) is 58.2 Å². The number of aromatic nitrogens is 2. The second-order valence-electron chi connectivity index (χ2n) is 9.35. The van der Waals surface area contributed by atoms with Gasteiger partial charge in [0.25, 0.3) is 0 Å². The fourth-order valence-electron chi connectivity index (χ4n) is 3.35. The van der Waals surface area contributed by atoms with Gasteiger partial charge < -0.3 is 15.5 Å². The van der Waals surface area contributed by atoms with Crippen LogP contribution in [0.3, 0.4) is 0 Å². The lowest BCUT2D eigenvalue weighted by Crippen LogP contribution is -2.44. The zero-order valence-corrected chi connectivity index (χ0v) is 20.7. The number of nitrogens with one attached hydrogen (secondary N) is 2. The summed E-state index contributed by atoms with van der Waals surface area (Å²) in [5, 5.41) is 10.7. The van der Waals surface area contributed by atoms with Gasteiger partial charge in [0.15, 0.2) is 0 Å². The molecule has 1 aromatic carbocycles. The zero-order valence-electron chi connectivity index (χ0n) is 20.7. The number of amides is 3.